The van der Waals surface area contributed by atoms with Crippen LogP contribution in [0, 0.1) is 5.92 Å². The summed E-state index contributed by atoms with van der Waals surface area (Å²) in [5.41, 5.74) is 5.84. The predicted molar refractivity (Wildman–Crippen MR) is 60.3 cm³/mol. The van der Waals surface area contributed by atoms with Crippen LogP contribution in [-0.2, 0) is 4.79 Å². The fourth-order valence-corrected chi connectivity index (χ4v) is 3.02. The number of carbonyl (C=O) groups is 1. The molecule has 15 heavy (non-hydrogen) atoms. The van der Waals surface area contributed by atoms with E-state index in [0.717, 1.165) is 6.54 Å². The molecule has 2 aliphatic rings. The largest absolute Gasteiger partial charge is 0.338 e. The van der Waals surface area contributed by atoms with E-state index in [2.05, 4.69) is 11.8 Å². The molecule has 3 nitrogen and oxygen atoms in total. The second-order valence-corrected chi connectivity index (χ2v) is 5.19. The molecule has 0 radical (unpaired) electrons. The number of carbonyl (C=O) groups excluding carboxylic acids is 1. The van der Waals surface area contributed by atoms with Crippen LogP contribution in [0.3, 0.4) is 0 Å². The molecule has 1 saturated carbocycles. The molecular formula is C12H22N2O. The van der Waals surface area contributed by atoms with Crippen LogP contribution in [0.25, 0.3) is 0 Å². The summed E-state index contributed by atoms with van der Waals surface area (Å²) in [5, 5.41) is 0. The summed E-state index contributed by atoms with van der Waals surface area (Å²) in [6.45, 7) is 3.07. The number of hydrogen-bond acceptors (Lipinski definition) is 2. The van der Waals surface area contributed by atoms with Gasteiger partial charge in [-0.3, -0.25) is 4.79 Å². The number of likely N-dealkylation sites (tertiary alicyclic amines) is 1. The fraction of sp³-hybridized carbons (Fsp3) is 0.917. The van der Waals surface area contributed by atoms with E-state index in [-0.39, 0.29) is 11.9 Å². The Kier molecular flexibility index (Phi) is 3.29. The minimum atomic E-state index is 0.0768. The van der Waals surface area contributed by atoms with Gasteiger partial charge in [-0.15, -0.1) is 0 Å². The lowest BCUT2D eigenvalue weighted by Gasteiger charge is -2.31. The SMILES string of the molecule is CC1CCCCCC1N1CC(N)CC1=O. The van der Waals surface area contributed by atoms with E-state index in [0.29, 0.717) is 18.4 Å². The van der Waals surface area contributed by atoms with Crippen molar-refractivity contribution in [2.24, 2.45) is 11.7 Å². The third-order valence-corrected chi connectivity index (χ3v) is 3.90. The second-order valence-electron chi connectivity index (χ2n) is 5.19. The maximum absolute atomic E-state index is 11.8. The molecule has 1 heterocycles. The molecule has 3 unspecified atom stereocenters. The normalized spacial score (nSPS) is 38.1. The topological polar surface area (TPSA) is 46.3 Å². The summed E-state index contributed by atoms with van der Waals surface area (Å²) >= 11 is 0. The Balaban J connectivity index is 2.04. The van der Waals surface area contributed by atoms with E-state index < -0.39 is 0 Å². The Labute approximate surface area is 92.0 Å². The van der Waals surface area contributed by atoms with E-state index in [1.807, 2.05) is 0 Å². The smallest absolute Gasteiger partial charge is 0.224 e. The molecule has 2 rings (SSSR count). The Bertz CT molecular complexity index is 242. The standard InChI is InChI=1S/C12H22N2O/c1-9-5-3-2-4-6-11(9)14-8-10(13)7-12(14)15/h9-11H,2-8,13H2,1H3. The number of nitrogens with zero attached hydrogens (tertiary/aromatic N) is 1. The van der Waals surface area contributed by atoms with Crippen LogP contribution in [0.15, 0.2) is 0 Å². The average molecular weight is 210 g/mol. The lowest BCUT2D eigenvalue weighted by molar-refractivity contribution is -0.130. The van der Waals surface area contributed by atoms with E-state index in [4.69, 9.17) is 5.73 Å². The molecule has 3 atom stereocenters. The third kappa shape index (κ3) is 2.33. The number of amides is 1. The van der Waals surface area contributed by atoms with Gasteiger partial charge in [-0.1, -0.05) is 26.2 Å². The monoisotopic (exact) mass is 210 g/mol. The first-order chi connectivity index (χ1) is 7.18. The van der Waals surface area contributed by atoms with Crippen molar-refractivity contribution >= 4 is 5.91 Å². The predicted octanol–water partition coefficient (Wildman–Crippen LogP) is 1.51. The Morgan fingerprint density at radius 2 is 2.00 bits per heavy atom. The Morgan fingerprint density at radius 1 is 1.27 bits per heavy atom. The van der Waals surface area contributed by atoms with Crippen molar-refractivity contribution in [2.45, 2.75) is 57.5 Å². The molecule has 2 fully saturated rings. The number of hydrogen-bond donors (Lipinski definition) is 1. The van der Waals surface area contributed by atoms with Gasteiger partial charge in [0.2, 0.25) is 5.91 Å². The molecule has 86 valence electrons. The molecule has 0 aromatic heterocycles. The zero-order valence-corrected chi connectivity index (χ0v) is 9.61. The van der Waals surface area contributed by atoms with E-state index in [9.17, 15) is 4.79 Å². The van der Waals surface area contributed by atoms with E-state index >= 15 is 0 Å². The summed E-state index contributed by atoms with van der Waals surface area (Å²) in [4.78, 5) is 13.8. The van der Waals surface area contributed by atoms with Crippen LogP contribution in [0.1, 0.15) is 45.4 Å². The highest BCUT2D eigenvalue weighted by molar-refractivity contribution is 5.79. The van der Waals surface area contributed by atoms with Crippen LogP contribution in [0.4, 0.5) is 0 Å². The lowest BCUT2D eigenvalue weighted by atomic mass is 9.96. The molecule has 1 amide bonds. The first-order valence-corrected chi connectivity index (χ1v) is 6.23. The molecule has 0 aromatic carbocycles. The van der Waals surface area contributed by atoms with Gasteiger partial charge in [0, 0.05) is 25.0 Å². The molecule has 0 spiro atoms. The van der Waals surface area contributed by atoms with Gasteiger partial charge in [-0.25, -0.2) is 0 Å². The Morgan fingerprint density at radius 3 is 2.67 bits per heavy atom. The second kappa shape index (κ2) is 4.52. The van der Waals surface area contributed by atoms with Gasteiger partial charge in [0.25, 0.3) is 0 Å². The number of nitrogens with two attached hydrogens (primary N) is 1. The van der Waals surface area contributed by atoms with Crippen molar-refractivity contribution in [3.8, 4) is 0 Å². The summed E-state index contributed by atoms with van der Waals surface area (Å²) < 4.78 is 0. The minimum Gasteiger partial charge on any atom is -0.338 e. The molecule has 0 bridgehead atoms. The van der Waals surface area contributed by atoms with Crippen molar-refractivity contribution in [2.75, 3.05) is 6.54 Å². The first kappa shape index (κ1) is 10.9. The minimum absolute atomic E-state index is 0.0768. The van der Waals surface area contributed by atoms with Crippen molar-refractivity contribution < 1.29 is 4.79 Å². The van der Waals surface area contributed by atoms with E-state index in [1.165, 1.54) is 32.1 Å². The maximum Gasteiger partial charge on any atom is 0.224 e. The van der Waals surface area contributed by atoms with Crippen molar-refractivity contribution in [3.63, 3.8) is 0 Å². The molecule has 3 heteroatoms. The van der Waals surface area contributed by atoms with Crippen LogP contribution < -0.4 is 5.73 Å². The van der Waals surface area contributed by atoms with Crippen molar-refractivity contribution in [1.82, 2.24) is 4.90 Å². The molecule has 1 aliphatic carbocycles. The maximum atomic E-state index is 11.8. The average Bonchev–Trinajstić information content (AvgIpc) is 2.39. The highest BCUT2D eigenvalue weighted by atomic mass is 16.2. The molecular weight excluding hydrogens is 188 g/mol. The number of rotatable bonds is 1. The van der Waals surface area contributed by atoms with Gasteiger partial charge in [-0.05, 0) is 18.8 Å². The van der Waals surface area contributed by atoms with Gasteiger partial charge in [0.05, 0.1) is 0 Å². The van der Waals surface area contributed by atoms with Gasteiger partial charge in [0.1, 0.15) is 0 Å². The van der Waals surface area contributed by atoms with Crippen LogP contribution in [-0.4, -0.2) is 29.4 Å². The summed E-state index contributed by atoms with van der Waals surface area (Å²) in [6, 6.07) is 0.543. The zero-order valence-electron chi connectivity index (χ0n) is 9.61. The third-order valence-electron chi connectivity index (χ3n) is 3.90. The zero-order chi connectivity index (χ0) is 10.8. The van der Waals surface area contributed by atoms with Gasteiger partial charge in [-0.2, -0.15) is 0 Å². The molecule has 0 aromatic rings. The Hall–Kier alpha value is -0.570. The van der Waals surface area contributed by atoms with Crippen molar-refractivity contribution in [3.05, 3.63) is 0 Å². The van der Waals surface area contributed by atoms with Crippen molar-refractivity contribution in [1.29, 1.82) is 0 Å². The molecule has 1 aliphatic heterocycles. The quantitative estimate of drug-likeness (QED) is 0.667. The van der Waals surface area contributed by atoms with Crippen LogP contribution >= 0.6 is 0 Å². The summed E-state index contributed by atoms with van der Waals surface area (Å²) in [5.74, 6) is 0.933. The highest BCUT2D eigenvalue weighted by Gasteiger charge is 2.35. The van der Waals surface area contributed by atoms with Gasteiger partial charge in [0.15, 0.2) is 0 Å². The molecule has 1 saturated heterocycles. The fourth-order valence-electron chi connectivity index (χ4n) is 3.02. The summed E-state index contributed by atoms with van der Waals surface area (Å²) in [7, 11) is 0. The van der Waals surface area contributed by atoms with Gasteiger partial charge >= 0.3 is 0 Å². The summed E-state index contributed by atoms with van der Waals surface area (Å²) in [6.07, 6.45) is 6.93. The van der Waals surface area contributed by atoms with Crippen LogP contribution in [0.2, 0.25) is 0 Å². The van der Waals surface area contributed by atoms with E-state index in [1.54, 1.807) is 0 Å². The first-order valence-electron chi connectivity index (χ1n) is 6.23. The highest BCUT2D eigenvalue weighted by Crippen LogP contribution is 2.29. The lowest BCUT2D eigenvalue weighted by Crippen LogP contribution is -2.41. The van der Waals surface area contributed by atoms with Gasteiger partial charge < -0.3 is 10.6 Å². The molecule has 2 N–H and O–H groups in total. The van der Waals surface area contributed by atoms with Crippen LogP contribution in [0.5, 0.6) is 0 Å².